The van der Waals surface area contributed by atoms with Gasteiger partial charge in [-0.25, -0.2) is 8.42 Å². The number of para-hydroxylation sites is 1. The van der Waals surface area contributed by atoms with Gasteiger partial charge >= 0.3 is 0 Å². The number of rotatable bonds is 7. The first-order valence-corrected chi connectivity index (χ1v) is 9.02. The summed E-state index contributed by atoms with van der Waals surface area (Å²) in [6.07, 6.45) is 6.44. The smallest absolute Gasteiger partial charge is 0.149 e. The van der Waals surface area contributed by atoms with Crippen molar-refractivity contribution in [1.29, 1.82) is 0 Å². The highest BCUT2D eigenvalue weighted by atomic mass is 32.2. The molecule has 2 aromatic rings. The summed E-state index contributed by atoms with van der Waals surface area (Å²) in [5.74, 6) is 0.175. The Hall–Kier alpha value is -1.33. The lowest BCUT2D eigenvalue weighted by Gasteiger charge is -2.03. The molecule has 0 spiro atoms. The lowest BCUT2D eigenvalue weighted by molar-refractivity contribution is 0.595. The number of unbranched alkanes of at least 4 members (excludes halogenated alkanes) is 1. The molecule has 20 heavy (non-hydrogen) atoms. The van der Waals surface area contributed by atoms with Crippen LogP contribution in [-0.4, -0.2) is 31.5 Å². The maximum Gasteiger partial charge on any atom is 0.149 e. The van der Waals surface area contributed by atoms with Gasteiger partial charge in [0.2, 0.25) is 0 Å². The molecule has 0 saturated heterocycles. The van der Waals surface area contributed by atoms with Crippen molar-refractivity contribution < 1.29 is 8.42 Å². The number of aromatic nitrogens is 1. The number of nitrogens with zero attached hydrogens (tertiary/aromatic N) is 1. The van der Waals surface area contributed by atoms with Gasteiger partial charge in [-0.05, 0) is 37.4 Å². The number of benzene rings is 1. The van der Waals surface area contributed by atoms with Crippen molar-refractivity contribution in [2.45, 2.75) is 25.8 Å². The summed E-state index contributed by atoms with van der Waals surface area (Å²) in [6, 6.07) is 8.16. The highest BCUT2D eigenvalue weighted by Crippen LogP contribution is 2.23. The minimum absolute atomic E-state index is 0.175. The standard InChI is InChI=1S/C15H22N2O2S/c1-20(18,19)11-10-17-12-13(6-4-5-9-16)14-7-2-3-8-15(14)17/h2-3,7-8,12H,4-6,9-11,16H2,1H3. The van der Waals surface area contributed by atoms with E-state index in [4.69, 9.17) is 5.73 Å². The molecule has 1 aromatic carbocycles. The molecule has 0 amide bonds. The van der Waals surface area contributed by atoms with Crippen LogP contribution in [0.15, 0.2) is 30.5 Å². The molecule has 0 unspecified atom stereocenters. The van der Waals surface area contributed by atoms with E-state index in [0.29, 0.717) is 13.1 Å². The molecule has 5 heteroatoms. The average molecular weight is 294 g/mol. The molecule has 0 aliphatic rings. The van der Waals surface area contributed by atoms with Crippen LogP contribution in [0.25, 0.3) is 10.9 Å². The molecular formula is C15H22N2O2S. The van der Waals surface area contributed by atoms with Crippen LogP contribution in [-0.2, 0) is 22.8 Å². The second-order valence-corrected chi connectivity index (χ2v) is 7.50. The van der Waals surface area contributed by atoms with Crippen molar-refractivity contribution in [3.63, 3.8) is 0 Å². The van der Waals surface area contributed by atoms with Crippen molar-refractivity contribution in [1.82, 2.24) is 4.57 Å². The Labute approximate surface area is 120 Å². The second-order valence-electron chi connectivity index (χ2n) is 5.24. The highest BCUT2D eigenvalue weighted by Gasteiger charge is 2.09. The Morgan fingerprint density at radius 2 is 1.95 bits per heavy atom. The van der Waals surface area contributed by atoms with Crippen molar-refractivity contribution >= 4 is 20.7 Å². The quantitative estimate of drug-likeness (QED) is 0.794. The summed E-state index contributed by atoms with van der Waals surface area (Å²) < 4.78 is 24.7. The monoisotopic (exact) mass is 294 g/mol. The Morgan fingerprint density at radius 1 is 1.20 bits per heavy atom. The molecular weight excluding hydrogens is 272 g/mol. The molecule has 110 valence electrons. The van der Waals surface area contributed by atoms with Gasteiger partial charge in [0, 0.05) is 29.9 Å². The number of sulfone groups is 1. The van der Waals surface area contributed by atoms with Gasteiger partial charge in [-0.2, -0.15) is 0 Å². The Morgan fingerprint density at radius 3 is 2.65 bits per heavy atom. The fraction of sp³-hybridized carbons (Fsp3) is 0.467. The summed E-state index contributed by atoms with van der Waals surface area (Å²) in [5.41, 5.74) is 7.92. The average Bonchev–Trinajstić information content (AvgIpc) is 2.75. The fourth-order valence-electron chi connectivity index (χ4n) is 2.43. The van der Waals surface area contributed by atoms with E-state index >= 15 is 0 Å². The molecule has 0 aliphatic heterocycles. The van der Waals surface area contributed by atoms with Crippen LogP contribution < -0.4 is 5.73 Å². The number of nitrogens with two attached hydrogens (primary N) is 1. The topological polar surface area (TPSA) is 65.1 Å². The summed E-state index contributed by atoms with van der Waals surface area (Å²) in [6.45, 7) is 1.23. The largest absolute Gasteiger partial charge is 0.346 e. The third kappa shape index (κ3) is 3.84. The maximum atomic E-state index is 11.3. The number of aryl methyl sites for hydroxylation is 2. The number of hydrogen-bond acceptors (Lipinski definition) is 3. The Bertz CT molecular complexity index is 674. The molecule has 2 N–H and O–H groups in total. The van der Waals surface area contributed by atoms with E-state index in [-0.39, 0.29) is 5.75 Å². The summed E-state index contributed by atoms with van der Waals surface area (Å²) in [4.78, 5) is 0. The van der Waals surface area contributed by atoms with Gasteiger partial charge in [-0.15, -0.1) is 0 Å². The van der Waals surface area contributed by atoms with E-state index < -0.39 is 9.84 Å². The molecule has 4 nitrogen and oxygen atoms in total. The first kappa shape index (κ1) is 15.1. The molecule has 2 rings (SSSR count). The zero-order chi connectivity index (χ0) is 14.6. The first-order chi connectivity index (χ1) is 9.51. The Kier molecular flexibility index (Phi) is 4.83. The molecule has 0 radical (unpaired) electrons. The van der Waals surface area contributed by atoms with Crippen LogP contribution >= 0.6 is 0 Å². The van der Waals surface area contributed by atoms with Gasteiger partial charge in [0.1, 0.15) is 9.84 Å². The van der Waals surface area contributed by atoms with Crippen LogP contribution in [0.1, 0.15) is 18.4 Å². The SMILES string of the molecule is CS(=O)(=O)CCn1cc(CCCCN)c2ccccc21. The highest BCUT2D eigenvalue weighted by molar-refractivity contribution is 7.90. The van der Waals surface area contributed by atoms with Gasteiger partial charge in [0.25, 0.3) is 0 Å². The van der Waals surface area contributed by atoms with E-state index in [1.165, 1.54) is 17.2 Å². The van der Waals surface area contributed by atoms with Crippen LogP contribution in [0.4, 0.5) is 0 Å². The van der Waals surface area contributed by atoms with Crippen LogP contribution in [0.3, 0.4) is 0 Å². The zero-order valence-corrected chi connectivity index (χ0v) is 12.7. The van der Waals surface area contributed by atoms with Gasteiger partial charge in [-0.1, -0.05) is 18.2 Å². The molecule has 0 atom stereocenters. The molecule has 1 heterocycles. The van der Waals surface area contributed by atoms with E-state index in [2.05, 4.69) is 12.3 Å². The van der Waals surface area contributed by atoms with Gasteiger partial charge in [0.05, 0.1) is 5.75 Å². The maximum absolute atomic E-state index is 11.3. The van der Waals surface area contributed by atoms with E-state index in [1.807, 2.05) is 22.8 Å². The lowest BCUT2D eigenvalue weighted by atomic mass is 10.1. The molecule has 0 bridgehead atoms. The third-order valence-electron chi connectivity index (χ3n) is 3.47. The van der Waals surface area contributed by atoms with E-state index in [0.717, 1.165) is 24.8 Å². The summed E-state index contributed by atoms with van der Waals surface area (Å²) >= 11 is 0. The van der Waals surface area contributed by atoms with E-state index in [9.17, 15) is 8.42 Å². The van der Waals surface area contributed by atoms with Crippen LogP contribution in [0, 0.1) is 0 Å². The Balaban J connectivity index is 2.25. The van der Waals surface area contributed by atoms with Crippen molar-refractivity contribution in [3.05, 3.63) is 36.0 Å². The van der Waals surface area contributed by atoms with Crippen molar-refractivity contribution in [2.75, 3.05) is 18.6 Å². The van der Waals surface area contributed by atoms with Crippen molar-refractivity contribution in [2.24, 2.45) is 5.73 Å². The first-order valence-electron chi connectivity index (χ1n) is 6.96. The predicted octanol–water partition coefficient (Wildman–Crippen LogP) is 1.97. The molecule has 1 aromatic heterocycles. The summed E-state index contributed by atoms with van der Waals surface area (Å²) in [5, 5.41) is 1.22. The number of fused-ring (bicyclic) bond motifs is 1. The molecule has 0 aliphatic carbocycles. The summed E-state index contributed by atoms with van der Waals surface area (Å²) in [7, 11) is -2.94. The third-order valence-corrected chi connectivity index (χ3v) is 4.40. The fourth-order valence-corrected chi connectivity index (χ4v) is 2.96. The van der Waals surface area contributed by atoms with Gasteiger partial charge in [0.15, 0.2) is 0 Å². The minimum Gasteiger partial charge on any atom is -0.346 e. The molecule has 0 fully saturated rings. The molecule has 0 saturated carbocycles. The minimum atomic E-state index is -2.94. The lowest BCUT2D eigenvalue weighted by Crippen LogP contribution is -2.10. The predicted molar refractivity (Wildman–Crippen MR) is 83.6 cm³/mol. The van der Waals surface area contributed by atoms with Gasteiger partial charge < -0.3 is 10.3 Å². The number of hydrogen-bond donors (Lipinski definition) is 1. The van der Waals surface area contributed by atoms with E-state index in [1.54, 1.807) is 0 Å². The second kappa shape index (κ2) is 6.41. The van der Waals surface area contributed by atoms with Crippen LogP contribution in [0.2, 0.25) is 0 Å². The van der Waals surface area contributed by atoms with Gasteiger partial charge in [-0.3, -0.25) is 0 Å². The van der Waals surface area contributed by atoms with Crippen LogP contribution in [0.5, 0.6) is 0 Å². The van der Waals surface area contributed by atoms with Crippen molar-refractivity contribution in [3.8, 4) is 0 Å². The normalized spacial score (nSPS) is 12.1. The zero-order valence-electron chi connectivity index (χ0n) is 11.9.